The number of ether oxygens (including phenoxy) is 2. The molecule has 0 aliphatic carbocycles. The highest BCUT2D eigenvalue weighted by atomic mass is 32.2. The lowest BCUT2D eigenvalue weighted by Crippen LogP contribution is -2.48. The lowest BCUT2D eigenvalue weighted by Gasteiger charge is -2.33. The number of amides is 1. The van der Waals surface area contributed by atoms with Crippen LogP contribution in [0.3, 0.4) is 0 Å². The summed E-state index contributed by atoms with van der Waals surface area (Å²) in [6.45, 7) is 5.19. The van der Waals surface area contributed by atoms with Gasteiger partial charge in [0.25, 0.3) is 5.91 Å². The number of hydrogen-bond donors (Lipinski definition) is 1. The van der Waals surface area contributed by atoms with Crippen molar-refractivity contribution >= 4 is 21.6 Å². The minimum Gasteiger partial charge on any atom is -0.484 e. The van der Waals surface area contributed by atoms with E-state index in [4.69, 9.17) is 9.47 Å². The van der Waals surface area contributed by atoms with E-state index < -0.39 is 10.0 Å². The summed E-state index contributed by atoms with van der Waals surface area (Å²) in [5, 5.41) is 2.72. The normalized spacial score (nSPS) is 14.9. The van der Waals surface area contributed by atoms with E-state index in [1.54, 1.807) is 54.7 Å². The molecule has 35 heavy (non-hydrogen) atoms. The van der Waals surface area contributed by atoms with Crippen LogP contribution in [0.4, 0.5) is 5.69 Å². The highest BCUT2D eigenvalue weighted by molar-refractivity contribution is 7.89. The predicted octanol–water partition coefficient (Wildman–Crippen LogP) is 3.22. The molecular weight excluding hydrogens is 468 g/mol. The van der Waals surface area contributed by atoms with Crippen LogP contribution in [0.1, 0.15) is 6.92 Å². The van der Waals surface area contributed by atoms with Gasteiger partial charge in [-0.3, -0.25) is 4.79 Å². The molecule has 1 amide bonds. The first-order valence-corrected chi connectivity index (χ1v) is 12.8. The van der Waals surface area contributed by atoms with E-state index in [1.165, 1.54) is 16.4 Å². The van der Waals surface area contributed by atoms with Crippen molar-refractivity contribution in [3.8, 4) is 17.4 Å². The van der Waals surface area contributed by atoms with Gasteiger partial charge in [0, 0.05) is 44.1 Å². The molecule has 184 valence electrons. The number of pyridine rings is 1. The Morgan fingerprint density at radius 1 is 0.943 bits per heavy atom. The zero-order valence-electron chi connectivity index (χ0n) is 19.5. The second kappa shape index (κ2) is 11.3. The molecule has 0 bridgehead atoms. The zero-order valence-corrected chi connectivity index (χ0v) is 20.3. The van der Waals surface area contributed by atoms with Crippen LogP contribution < -0.4 is 14.8 Å². The predicted molar refractivity (Wildman–Crippen MR) is 132 cm³/mol. The molecule has 4 rings (SSSR count). The topological polar surface area (TPSA) is 101 Å². The number of aromatic nitrogens is 1. The average molecular weight is 497 g/mol. The fourth-order valence-corrected chi connectivity index (χ4v) is 5.05. The summed E-state index contributed by atoms with van der Waals surface area (Å²) in [4.78, 5) is 18.8. The quantitative estimate of drug-likeness (QED) is 0.485. The summed E-state index contributed by atoms with van der Waals surface area (Å²) >= 11 is 0. The largest absolute Gasteiger partial charge is 0.484 e. The molecular formula is C25H28N4O5S. The number of likely N-dealkylation sites (N-methyl/N-ethyl adjacent to an activating group) is 1. The first-order valence-electron chi connectivity index (χ1n) is 11.4. The Balaban J connectivity index is 1.26. The number of sulfonamides is 1. The van der Waals surface area contributed by atoms with Crippen LogP contribution in [0, 0.1) is 0 Å². The second-order valence-electron chi connectivity index (χ2n) is 7.94. The fourth-order valence-electron chi connectivity index (χ4n) is 3.62. The maximum absolute atomic E-state index is 12.9. The number of piperazine rings is 1. The summed E-state index contributed by atoms with van der Waals surface area (Å²) in [6.07, 6.45) is 1.65. The molecule has 0 radical (unpaired) electrons. The van der Waals surface area contributed by atoms with Gasteiger partial charge in [0.05, 0.1) is 4.90 Å². The van der Waals surface area contributed by atoms with Crippen LogP contribution in [0.15, 0.2) is 77.8 Å². The Labute approximate surface area is 205 Å². The Bertz CT molecular complexity index is 1210. The molecule has 0 atom stereocenters. The van der Waals surface area contributed by atoms with Gasteiger partial charge in [0.1, 0.15) is 11.5 Å². The van der Waals surface area contributed by atoms with Gasteiger partial charge < -0.3 is 19.7 Å². The zero-order chi connectivity index (χ0) is 24.7. The molecule has 2 heterocycles. The first-order chi connectivity index (χ1) is 16.9. The number of carbonyl (C=O) groups excluding carboxylic acids is 1. The molecule has 1 fully saturated rings. The molecule has 10 heteroatoms. The van der Waals surface area contributed by atoms with Crippen molar-refractivity contribution in [2.24, 2.45) is 0 Å². The van der Waals surface area contributed by atoms with Crippen LogP contribution >= 0.6 is 0 Å². The summed E-state index contributed by atoms with van der Waals surface area (Å²) < 4.78 is 38.4. The highest BCUT2D eigenvalue weighted by Gasteiger charge is 2.27. The number of benzene rings is 2. The molecule has 1 aliphatic rings. The molecule has 0 saturated carbocycles. The highest BCUT2D eigenvalue weighted by Crippen LogP contribution is 2.23. The van der Waals surface area contributed by atoms with E-state index in [1.807, 2.05) is 6.07 Å². The summed E-state index contributed by atoms with van der Waals surface area (Å²) in [5.41, 5.74) is 0.493. The maximum Gasteiger partial charge on any atom is 0.262 e. The lowest BCUT2D eigenvalue weighted by atomic mass is 10.3. The second-order valence-corrected chi connectivity index (χ2v) is 9.88. The van der Waals surface area contributed by atoms with Crippen molar-refractivity contribution in [1.82, 2.24) is 14.2 Å². The van der Waals surface area contributed by atoms with Gasteiger partial charge in [0.15, 0.2) is 6.61 Å². The molecule has 9 nitrogen and oxygen atoms in total. The van der Waals surface area contributed by atoms with Gasteiger partial charge >= 0.3 is 0 Å². The van der Waals surface area contributed by atoms with Crippen LogP contribution in [0.2, 0.25) is 0 Å². The molecule has 3 aromatic rings. The van der Waals surface area contributed by atoms with Crippen molar-refractivity contribution < 1.29 is 22.7 Å². The molecule has 1 aromatic heterocycles. The standard InChI is InChI=1S/C25H28N4O5S/c1-2-28-15-17-29(18-16-28)35(31,32)23-12-6-20(7-13-23)27-24(30)19-33-21-8-10-22(11-9-21)34-25-5-3-4-14-26-25/h3-14H,2,15-19H2,1H3,(H,27,30). The molecule has 2 aromatic carbocycles. The van der Waals surface area contributed by atoms with E-state index >= 15 is 0 Å². The van der Waals surface area contributed by atoms with E-state index in [0.29, 0.717) is 36.2 Å². The van der Waals surface area contributed by atoms with E-state index in [0.717, 1.165) is 19.6 Å². The van der Waals surface area contributed by atoms with Gasteiger partial charge in [-0.2, -0.15) is 4.31 Å². The third-order valence-corrected chi connectivity index (χ3v) is 7.52. The number of hydrogen-bond acceptors (Lipinski definition) is 7. The van der Waals surface area contributed by atoms with Gasteiger partial charge in [0.2, 0.25) is 15.9 Å². The van der Waals surface area contributed by atoms with E-state index in [9.17, 15) is 13.2 Å². The summed E-state index contributed by atoms with van der Waals surface area (Å²) in [6, 6.07) is 18.4. The third kappa shape index (κ3) is 6.56. The minimum absolute atomic E-state index is 0.192. The minimum atomic E-state index is -3.55. The SMILES string of the molecule is CCN1CCN(S(=O)(=O)c2ccc(NC(=O)COc3ccc(Oc4ccccn4)cc3)cc2)CC1. The molecule has 1 aliphatic heterocycles. The molecule has 0 spiro atoms. The van der Waals surface area contributed by atoms with E-state index in [-0.39, 0.29) is 17.4 Å². The Morgan fingerprint density at radius 2 is 1.63 bits per heavy atom. The van der Waals surface area contributed by atoms with Gasteiger partial charge in [-0.15, -0.1) is 0 Å². The number of anilines is 1. The third-order valence-electron chi connectivity index (χ3n) is 5.61. The number of rotatable bonds is 9. The Morgan fingerprint density at radius 3 is 2.26 bits per heavy atom. The van der Waals surface area contributed by atoms with Crippen LogP contribution in [-0.4, -0.2) is 67.8 Å². The van der Waals surface area contributed by atoms with Crippen molar-refractivity contribution in [3.05, 3.63) is 72.9 Å². The number of carbonyl (C=O) groups is 1. The maximum atomic E-state index is 12.9. The average Bonchev–Trinajstić information content (AvgIpc) is 2.89. The van der Waals surface area contributed by atoms with Crippen molar-refractivity contribution in [3.63, 3.8) is 0 Å². The fraction of sp³-hybridized carbons (Fsp3) is 0.280. The van der Waals surface area contributed by atoms with Crippen LogP contribution in [-0.2, 0) is 14.8 Å². The summed E-state index contributed by atoms with van der Waals surface area (Å²) in [5.74, 6) is 1.24. The first kappa shape index (κ1) is 24.6. The van der Waals surface area contributed by atoms with Crippen molar-refractivity contribution in [1.29, 1.82) is 0 Å². The molecule has 1 N–H and O–H groups in total. The van der Waals surface area contributed by atoms with Crippen molar-refractivity contribution in [2.75, 3.05) is 44.6 Å². The van der Waals surface area contributed by atoms with Crippen LogP contribution in [0.25, 0.3) is 0 Å². The van der Waals surface area contributed by atoms with Gasteiger partial charge in [-0.25, -0.2) is 13.4 Å². The van der Waals surface area contributed by atoms with E-state index in [2.05, 4.69) is 22.1 Å². The Kier molecular flexibility index (Phi) is 7.96. The smallest absolute Gasteiger partial charge is 0.262 e. The summed E-state index contributed by atoms with van der Waals surface area (Å²) in [7, 11) is -3.55. The van der Waals surface area contributed by atoms with Gasteiger partial charge in [-0.05, 0) is 61.1 Å². The van der Waals surface area contributed by atoms with Crippen molar-refractivity contribution in [2.45, 2.75) is 11.8 Å². The van der Waals surface area contributed by atoms with Crippen LogP contribution in [0.5, 0.6) is 17.4 Å². The number of nitrogens with one attached hydrogen (secondary N) is 1. The lowest BCUT2D eigenvalue weighted by molar-refractivity contribution is -0.118. The van der Waals surface area contributed by atoms with Gasteiger partial charge in [-0.1, -0.05) is 13.0 Å². The Hall–Kier alpha value is -3.47. The molecule has 1 saturated heterocycles. The monoisotopic (exact) mass is 496 g/mol. The number of nitrogens with zero attached hydrogens (tertiary/aromatic N) is 3. The molecule has 0 unspecified atom stereocenters.